The molecule has 0 saturated carbocycles. The lowest BCUT2D eigenvalue weighted by Crippen LogP contribution is -2.13. The highest BCUT2D eigenvalue weighted by molar-refractivity contribution is 8.13. The SMILES string of the molecule is CSC1=NC(c2ccc(C)cc2)C1. The van der Waals surface area contributed by atoms with Crippen LogP contribution >= 0.6 is 11.8 Å². The molecule has 0 radical (unpaired) electrons. The summed E-state index contributed by atoms with van der Waals surface area (Å²) in [6, 6.07) is 9.11. The smallest absolute Gasteiger partial charge is 0.0818 e. The van der Waals surface area contributed by atoms with Gasteiger partial charge in [-0.05, 0) is 18.7 Å². The van der Waals surface area contributed by atoms with E-state index in [1.165, 1.54) is 16.2 Å². The summed E-state index contributed by atoms with van der Waals surface area (Å²) in [5, 5.41) is 1.28. The number of thioether (sulfide) groups is 1. The van der Waals surface area contributed by atoms with Crippen molar-refractivity contribution in [2.75, 3.05) is 6.26 Å². The van der Waals surface area contributed by atoms with Crippen LogP contribution in [-0.4, -0.2) is 11.3 Å². The minimum Gasteiger partial charge on any atom is -0.274 e. The highest BCUT2D eigenvalue weighted by atomic mass is 32.2. The number of hydrogen-bond acceptors (Lipinski definition) is 2. The summed E-state index contributed by atoms with van der Waals surface area (Å²) in [4.78, 5) is 4.52. The first-order valence-electron chi connectivity index (χ1n) is 4.47. The predicted molar refractivity (Wildman–Crippen MR) is 59.5 cm³/mol. The second-order valence-corrected chi connectivity index (χ2v) is 4.24. The molecule has 1 atom stereocenters. The summed E-state index contributed by atoms with van der Waals surface area (Å²) in [5.41, 5.74) is 2.67. The van der Waals surface area contributed by atoms with Crippen LogP contribution in [0.3, 0.4) is 0 Å². The molecule has 0 amide bonds. The largest absolute Gasteiger partial charge is 0.274 e. The molecule has 13 heavy (non-hydrogen) atoms. The molecule has 1 aromatic carbocycles. The highest BCUT2D eigenvalue weighted by Crippen LogP contribution is 2.33. The van der Waals surface area contributed by atoms with Crippen molar-refractivity contribution in [2.24, 2.45) is 4.99 Å². The van der Waals surface area contributed by atoms with Crippen molar-refractivity contribution in [2.45, 2.75) is 19.4 Å². The van der Waals surface area contributed by atoms with Gasteiger partial charge in [0.1, 0.15) is 0 Å². The summed E-state index contributed by atoms with van der Waals surface area (Å²) in [6.07, 6.45) is 3.22. The second-order valence-electron chi connectivity index (χ2n) is 3.36. The number of hydrogen-bond donors (Lipinski definition) is 0. The Bertz CT molecular complexity index is 326. The molecular weight excluding hydrogens is 178 g/mol. The molecule has 0 fully saturated rings. The lowest BCUT2D eigenvalue weighted by molar-refractivity contribution is 0.710. The number of rotatable bonds is 1. The molecule has 1 aliphatic heterocycles. The molecule has 1 nitrogen and oxygen atoms in total. The Hall–Kier alpha value is -0.760. The third-order valence-corrected chi connectivity index (χ3v) is 3.11. The predicted octanol–water partition coefficient (Wildman–Crippen LogP) is 3.20. The van der Waals surface area contributed by atoms with Gasteiger partial charge in [0.05, 0.1) is 11.1 Å². The summed E-state index contributed by atoms with van der Waals surface area (Å²) in [5.74, 6) is 0. The molecule has 1 heterocycles. The molecule has 68 valence electrons. The number of nitrogens with zero attached hydrogens (tertiary/aromatic N) is 1. The van der Waals surface area contributed by atoms with Crippen molar-refractivity contribution in [3.8, 4) is 0 Å². The van der Waals surface area contributed by atoms with E-state index in [1.807, 2.05) is 0 Å². The zero-order valence-electron chi connectivity index (χ0n) is 7.95. The fourth-order valence-corrected chi connectivity index (χ4v) is 2.00. The van der Waals surface area contributed by atoms with Gasteiger partial charge in [0, 0.05) is 6.42 Å². The monoisotopic (exact) mass is 191 g/mol. The van der Waals surface area contributed by atoms with Crippen LogP contribution in [0, 0.1) is 6.92 Å². The summed E-state index contributed by atoms with van der Waals surface area (Å²) in [7, 11) is 0. The van der Waals surface area contributed by atoms with Crippen LogP contribution < -0.4 is 0 Å². The summed E-state index contributed by atoms with van der Waals surface area (Å²) < 4.78 is 0. The zero-order chi connectivity index (χ0) is 9.26. The Morgan fingerprint density at radius 3 is 2.46 bits per heavy atom. The third kappa shape index (κ3) is 1.78. The first kappa shape index (κ1) is 8.82. The maximum Gasteiger partial charge on any atom is 0.0818 e. The Morgan fingerprint density at radius 2 is 1.92 bits per heavy atom. The minimum absolute atomic E-state index is 0.433. The van der Waals surface area contributed by atoms with Gasteiger partial charge in [0.25, 0.3) is 0 Å². The molecular formula is C11H13NS. The maximum absolute atomic E-state index is 4.52. The number of benzene rings is 1. The van der Waals surface area contributed by atoms with E-state index in [4.69, 9.17) is 0 Å². The molecule has 0 bridgehead atoms. The van der Waals surface area contributed by atoms with Crippen molar-refractivity contribution in [1.82, 2.24) is 0 Å². The first-order chi connectivity index (χ1) is 6.29. The quantitative estimate of drug-likeness (QED) is 0.664. The van der Waals surface area contributed by atoms with Crippen molar-refractivity contribution < 1.29 is 0 Å². The molecule has 0 spiro atoms. The van der Waals surface area contributed by atoms with Gasteiger partial charge in [-0.25, -0.2) is 0 Å². The van der Waals surface area contributed by atoms with Gasteiger partial charge in [-0.1, -0.05) is 29.8 Å². The van der Waals surface area contributed by atoms with Crippen molar-refractivity contribution in [3.05, 3.63) is 35.4 Å². The summed E-state index contributed by atoms with van der Waals surface area (Å²) >= 11 is 1.76. The van der Waals surface area contributed by atoms with Gasteiger partial charge in [0.2, 0.25) is 0 Å². The zero-order valence-corrected chi connectivity index (χ0v) is 8.77. The van der Waals surface area contributed by atoms with E-state index < -0.39 is 0 Å². The Balaban J connectivity index is 2.12. The fraction of sp³-hybridized carbons (Fsp3) is 0.364. The van der Waals surface area contributed by atoms with E-state index in [-0.39, 0.29) is 0 Å². The van der Waals surface area contributed by atoms with Crippen LogP contribution in [0.25, 0.3) is 0 Å². The average molecular weight is 191 g/mol. The first-order valence-corrected chi connectivity index (χ1v) is 5.69. The molecule has 0 aliphatic carbocycles. The van der Waals surface area contributed by atoms with Crippen LogP contribution in [-0.2, 0) is 0 Å². The van der Waals surface area contributed by atoms with E-state index in [0.29, 0.717) is 6.04 Å². The van der Waals surface area contributed by atoms with Crippen LogP contribution in [0.2, 0.25) is 0 Å². The number of aryl methyl sites for hydroxylation is 1. The van der Waals surface area contributed by atoms with Crippen molar-refractivity contribution in [1.29, 1.82) is 0 Å². The molecule has 2 heteroatoms. The standard InChI is InChI=1S/C11H13NS/c1-8-3-5-9(6-4-8)10-7-11(12-10)13-2/h3-6,10H,7H2,1-2H3. The maximum atomic E-state index is 4.52. The van der Waals surface area contributed by atoms with E-state index >= 15 is 0 Å². The Labute approximate surface area is 83.3 Å². The van der Waals surface area contributed by atoms with Gasteiger partial charge >= 0.3 is 0 Å². The molecule has 1 aromatic rings. The van der Waals surface area contributed by atoms with Gasteiger partial charge in [-0.3, -0.25) is 4.99 Å². The van der Waals surface area contributed by atoms with Gasteiger partial charge in [-0.15, -0.1) is 11.8 Å². The van der Waals surface area contributed by atoms with Gasteiger partial charge in [0.15, 0.2) is 0 Å². The van der Waals surface area contributed by atoms with Crippen LogP contribution in [0.4, 0.5) is 0 Å². The Morgan fingerprint density at radius 1 is 1.31 bits per heavy atom. The van der Waals surface area contributed by atoms with Crippen molar-refractivity contribution >= 4 is 16.8 Å². The molecule has 0 saturated heterocycles. The van der Waals surface area contributed by atoms with Crippen molar-refractivity contribution in [3.63, 3.8) is 0 Å². The van der Waals surface area contributed by atoms with Crippen LogP contribution in [0.1, 0.15) is 23.6 Å². The minimum atomic E-state index is 0.433. The third-order valence-electron chi connectivity index (χ3n) is 2.37. The second kappa shape index (κ2) is 3.54. The van der Waals surface area contributed by atoms with Crippen LogP contribution in [0.15, 0.2) is 29.3 Å². The normalized spacial score (nSPS) is 20.8. The Kier molecular flexibility index (Phi) is 2.40. The highest BCUT2D eigenvalue weighted by Gasteiger charge is 2.21. The lowest BCUT2D eigenvalue weighted by atomic mass is 10.00. The van der Waals surface area contributed by atoms with E-state index in [1.54, 1.807) is 11.8 Å². The molecule has 0 aromatic heterocycles. The molecule has 2 rings (SSSR count). The van der Waals surface area contributed by atoms with E-state index in [0.717, 1.165) is 6.42 Å². The van der Waals surface area contributed by atoms with E-state index in [9.17, 15) is 0 Å². The fourth-order valence-electron chi connectivity index (χ4n) is 1.44. The summed E-state index contributed by atoms with van der Waals surface area (Å²) in [6.45, 7) is 2.11. The average Bonchev–Trinajstić information content (AvgIpc) is 2.06. The number of aliphatic imine (C=N–C) groups is 1. The van der Waals surface area contributed by atoms with Gasteiger partial charge < -0.3 is 0 Å². The lowest BCUT2D eigenvalue weighted by Gasteiger charge is -2.23. The molecule has 1 aliphatic rings. The van der Waals surface area contributed by atoms with Gasteiger partial charge in [-0.2, -0.15) is 0 Å². The topological polar surface area (TPSA) is 12.4 Å². The molecule has 0 N–H and O–H groups in total. The van der Waals surface area contributed by atoms with E-state index in [2.05, 4.69) is 42.4 Å². The molecule has 1 unspecified atom stereocenters. The van der Waals surface area contributed by atoms with Crippen LogP contribution in [0.5, 0.6) is 0 Å².